The molecule has 0 bridgehead atoms. The summed E-state index contributed by atoms with van der Waals surface area (Å²) in [6.07, 6.45) is 3.31. The van der Waals surface area contributed by atoms with Crippen LogP contribution in [0.15, 0.2) is 24.3 Å². The topological polar surface area (TPSA) is 50.4 Å². The standard InChI is InChI=1S/C17H26N2O2/c1-12(2)21-16-10-5-4-8-14(16)13(3)19-17(20)15-9-6-7-11-18-15/h4-5,8,10,12-13,15,18H,6-7,9,11H2,1-3H3,(H,19,20)/t13?,15-/m1/s1. The van der Waals surface area contributed by atoms with Gasteiger partial charge in [-0.15, -0.1) is 0 Å². The lowest BCUT2D eigenvalue weighted by molar-refractivity contribution is -0.124. The van der Waals surface area contributed by atoms with E-state index in [2.05, 4.69) is 10.6 Å². The lowest BCUT2D eigenvalue weighted by Crippen LogP contribution is -2.47. The molecule has 1 aliphatic heterocycles. The Morgan fingerprint density at radius 2 is 2.05 bits per heavy atom. The fourth-order valence-corrected chi connectivity index (χ4v) is 2.67. The van der Waals surface area contributed by atoms with Gasteiger partial charge in [0.05, 0.1) is 18.2 Å². The highest BCUT2D eigenvalue weighted by molar-refractivity contribution is 5.82. The van der Waals surface area contributed by atoms with Gasteiger partial charge in [-0.05, 0) is 46.2 Å². The maximum Gasteiger partial charge on any atom is 0.237 e. The summed E-state index contributed by atoms with van der Waals surface area (Å²) in [4.78, 5) is 12.3. The van der Waals surface area contributed by atoms with Crippen LogP contribution in [0.1, 0.15) is 51.6 Å². The summed E-state index contributed by atoms with van der Waals surface area (Å²) in [7, 11) is 0. The van der Waals surface area contributed by atoms with Crippen LogP contribution >= 0.6 is 0 Å². The van der Waals surface area contributed by atoms with E-state index >= 15 is 0 Å². The van der Waals surface area contributed by atoms with Gasteiger partial charge in [0.2, 0.25) is 5.91 Å². The minimum absolute atomic E-state index is 0.0561. The van der Waals surface area contributed by atoms with Crippen LogP contribution in [0.3, 0.4) is 0 Å². The van der Waals surface area contributed by atoms with Gasteiger partial charge in [-0.1, -0.05) is 24.6 Å². The number of nitrogens with one attached hydrogen (secondary N) is 2. The van der Waals surface area contributed by atoms with E-state index in [9.17, 15) is 4.79 Å². The normalized spacial score (nSPS) is 20.1. The number of carbonyl (C=O) groups excluding carboxylic acids is 1. The predicted molar refractivity (Wildman–Crippen MR) is 84.4 cm³/mol. The number of piperidine rings is 1. The molecule has 1 aromatic carbocycles. The monoisotopic (exact) mass is 290 g/mol. The van der Waals surface area contributed by atoms with E-state index in [-0.39, 0.29) is 24.1 Å². The minimum Gasteiger partial charge on any atom is -0.491 e. The molecule has 1 unspecified atom stereocenters. The van der Waals surface area contributed by atoms with Crippen LogP contribution in [-0.4, -0.2) is 24.6 Å². The number of rotatable bonds is 5. The Balaban J connectivity index is 2.02. The van der Waals surface area contributed by atoms with Crippen LogP contribution in [0, 0.1) is 0 Å². The van der Waals surface area contributed by atoms with Gasteiger partial charge in [-0.2, -0.15) is 0 Å². The number of ether oxygens (including phenoxy) is 1. The quantitative estimate of drug-likeness (QED) is 0.876. The lowest BCUT2D eigenvalue weighted by atomic mass is 10.0. The molecule has 2 rings (SSSR count). The Labute approximate surface area is 127 Å². The van der Waals surface area contributed by atoms with Gasteiger partial charge in [-0.25, -0.2) is 0 Å². The molecule has 1 aromatic rings. The van der Waals surface area contributed by atoms with Crippen LogP contribution < -0.4 is 15.4 Å². The van der Waals surface area contributed by atoms with Crippen molar-refractivity contribution in [1.82, 2.24) is 10.6 Å². The molecule has 2 atom stereocenters. The van der Waals surface area contributed by atoms with E-state index in [1.54, 1.807) is 0 Å². The predicted octanol–water partition coefficient (Wildman–Crippen LogP) is 2.79. The third kappa shape index (κ3) is 4.46. The van der Waals surface area contributed by atoms with Crippen molar-refractivity contribution in [3.8, 4) is 5.75 Å². The second-order valence-corrected chi connectivity index (χ2v) is 5.94. The molecule has 0 aliphatic carbocycles. The fraction of sp³-hybridized carbons (Fsp3) is 0.588. The molecule has 21 heavy (non-hydrogen) atoms. The summed E-state index contributed by atoms with van der Waals surface area (Å²) in [6.45, 7) is 6.95. The van der Waals surface area contributed by atoms with E-state index in [0.29, 0.717) is 0 Å². The first-order valence-electron chi connectivity index (χ1n) is 7.87. The summed E-state index contributed by atoms with van der Waals surface area (Å²) in [5, 5.41) is 6.38. The molecule has 116 valence electrons. The summed E-state index contributed by atoms with van der Waals surface area (Å²) < 4.78 is 5.83. The second kappa shape index (κ2) is 7.46. The molecule has 1 aliphatic rings. The summed E-state index contributed by atoms with van der Waals surface area (Å²) in [5.41, 5.74) is 1.02. The molecule has 1 fully saturated rings. The van der Waals surface area contributed by atoms with E-state index in [1.807, 2.05) is 45.0 Å². The number of amides is 1. The molecule has 0 saturated carbocycles. The second-order valence-electron chi connectivity index (χ2n) is 5.94. The molecular weight excluding hydrogens is 264 g/mol. The van der Waals surface area contributed by atoms with Gasteiger partial charge >= 0.3 is 0 Å². The number of hydrogen-bond donors (Lipinski definition) is 2. The first-order valence-corrected chi connectivity index (χ1v) is 7.87. The lowest BCUT2D eigenvalue weighted by Gasteiger charge is -2.25. The van der Waals surface area contributed by atoms with Crippen molar-refractivity contribution in [1.29, 1.82) is 0 Å². The number of hydrogen-bond acceptors (Lipinski definition) is 3. The molecule has 0 spiro atoms. The van der Waals surface area contributed by atoms with Gasteiger partial charge < -0.3 is 15.4 Å². The highest BCUT2D eigenvalue weighted by Crippen LogP contribution is 2.26. The molecular formula is C17H26N2O2. The molecule has 0 radical (unpaired) electrons. The molecule has 1 heterocycles. The van der Waals surface area contributed by atoms with Crippen molar-refractivity contribution >= 4 is 5.91 Å². The molecule has 1 saturated heterocycles. The number of benzene rings is 1. The van der Waals surface area contributed by atoms with Crippen LogP contribution in [0.2, 0.25) is 0 Å². The van der Waals surface area contributed by atoms with E-state index < -0.39 is 0 Å². The Morgan fingerprint density at radius 1 is 1.29 bits per heavy atom. The largest absolute Gasteiger partial charge is 0.491 e. The van der Waals surface area contributed by atoms with Gasteiger partial charge in [0.15, 0.2) is 0 Å². The molecule has 0 aromatic heterocycles. The summed E-state index contributed by atoms with van der Waals surface area (Å²) >= 11 is 0. The van der Waals surface area contributed by atoms with Gasteiger partial charge in [0.1, 0.15) is 5.75 Å². The van der Waals surface area contributed by atoms with Crippen LogP contribution in [-0.2, 0) is 4.79 Å². The minimum atomic E-state index is -0.0591. The molecule has 1 amide bonds. The first-order chi connectivity index (χ1) is 10.1. The van der Waals surface area contributed by atoms with Crippen molar-refractivity contribution in [2.45, 2.75) is 58.2 Å². The van der Waals surface area contributed by atoms with Crippen molar-refractivity contribution in [2.24, 2.45) is 0 Å². The Morgan fingerprint density at radius 3 is 2.71 bits per heavy atom. The van der Waals surface area contributed by atoms with Gasteiger partial charge in [0.25, 0.3) is 0 Å². The number of carbonyl (C=O) groups is 1. The van der Waals surface area contributed by atoms with Crippen LogP contribution in [0.5, 0.6) is 5.75 Å². The molecule has 4 heteroatoms. The maximum atomic E-state index is 12.3. The highest BCUT2D eigenvalue weighted by atomic mass is 16.5. The molecule has 4 nitrogen and oxygen atoms in total. The smallest absolute Gasteiger partial charge is 0.237 e. The third-order valence-electron chi connectivity index (χ3n) is 3.73. The zero-order valence-electron chi connectivity index (χ0n) is 13.2. The third-order valence-corrected chi connectivity index (χ3v) is 3.73. The van der Waals surface area contributed by atoms with E-state index in [0.717, 1.165) is 37.1 Å². The summed E-state index contributed by atoms with van der Waals surface area (Å²) in [5.74, 6) is 0.929. The van der Waals surface area contributed by atoms with Crippen molar-refractivity contribution < 1.29 is 9.53 Å². The molecule has 2 N–H and O–H groups in total. The van der Waals surface area contributed by atoms with E-state index in [1.165, 1.54) is 0 Å². The zero-order valence-corrected chi connectivity index (χ0v) is 13.2. The Bertz CT molecular complexity index is 468. The van der Waals surface area contributed by atoms with E-state index in [4.69, 9.17) is 4.74 Å². The Hall–Kier alpha value is -1.55. The average molecular weight is 290 g/mol. The summed E-state index contributed by atoms with van der Waals surface area (Å²) in [6, 6.07) is 7.78. The first kappa shape index (κ1) is 15.8. The van der Waals surface area contributed by atoms with Crippen LogP contribution in [0.25, 0.3) is 0 Å². The highest BCUT2D eigenvalue weighted by Gasteiger charge is 2.23. The van der Waals surface area contributed by atoms with Crippen molar-refractivity contribution in [3.05, 3.63) is 29.8 Å². The Kier molecular flexibility index (Phi) is 5.62. The van der Waals surface area contributed by atoms with Crippen molar-refractivity contribution in [3.63, 3.8) is 0 Å². The SMILES string of the molecule is CC(C)Oc1ccccc1C(C)NC(=O)[C@H]1CCCCN1. The average Bonchev–Trinajstić information content (AvgIpc) is 2.48. The zero-order chi connectivity index (χ0) is 15.2. The maximum absolute atomic E-state index is 12.3. The van der Waals surface area contributed by atoms with Crippen molar-refractivity contribution in [2.75, 3.05) is 6.54 Å². The van der Waals surface area contributed by atoms with Crippen LogP contribution in [0.4, 0.5) is 0 Å². The van der Waals surface area contributed by atoms with Gasteiger partial charge in [0, 0.05) is 5.56 Å². The fourth-order valence-electron chi connectivity index (χ4n) is 2.67. The number of para-hydroxylation sites is 1. The van der Waals surface area contributed by atoms with Gasteiger partial charge in [-0.3, -0.25) is 4.79 Å².